The van der Waals surface area contributed by atoms with Crippen LogP contribution in [0.5, 0.6) is 0 Å². The fourth-order valence-corrected chi connectivity index (χ4v) is 3.99. The molecule has 0 saturated heterocycles. The summed E-state index contributed by atoms with van der Waals surface area (Å²) in [6, 6.07) is 0.543. The first-order chi connectivity index (χ1) is 10.1. The van der Waals surface area contributed by atoms with Gasteiger partial charge in [-0.15, -0.1) is 11.3 Å². The summed E-state index contributed by atoms with van der Waals surface area (Å²) in [4.78, 5) is 10.9. The molecule has 5 nitrogen and oxygen atoms in total. The maximum absolute atomic E-state index is 4.57. The van der Waals surface area contributed by atoms with Gasteiger partial charge in [-0.3, -0.25) is 4.99 Å². The minimum absolute atomic E-state index is 0.543. The third-order valence-electron chi connectivity index (χ3n) is 3.64. The van der Waals surface area contributed by atoms with Crippen molar-refractivity contribution in [1.82, 2.24) is 15.6 Å². The smallest absolute Gasteiger partial charge is 0.191 e. The molecule has 0 aromatic carbocycles. The number of rotatable bonds is 5. The third-order valence-corrected chi connectivity index (χ3v) is 5.79. The second kappa shape index (κ2) is 7.89. The molecule has 2 unspecified atom stereocenters. The van der Waals surface area contributed by atoms with E-state index in [9.17, 15) is 0 Å². The van der Waals surface area contributed by atoms with Crippen molar-refractivity contribution in [2.24, 2.45) is 4.99 Å². The molecule has 0 amide bonds. The molecule has 7 heteroatoms. The zero-order valence-corrected chi connectivity index (χ0v) is 14.9. The van der Waals surface area contributed by atoms with E-state index in [0.29, 0.717) is 12.6 Å². The van der Waals surface area contributed by atoms with Gasteiger partial charge in [0.2, 0.25) is 0 Å². The summed E-state index contributed by atoms with van der Waals surface area (Å²) in [7, 11) is 5.85. The Labute approximate surface area is 135 Å². The van der Waals surface area contributed by atoms with Crippen molar-refractivity contribution in [3.05, 3.63) is 11.1 Å². The van der Waals surface area contributed by atoms with Crippen molar-refractivity contribution in [2.75, 3.05) is 32.3 Å². The Morgan fingerprint density at radius 2 is 2.33 bits per heavy atom. The molecule has 2 rings (SSSR count). The Morgan fingerprint density at radius 3 is 2.90 bits per heavy atom. The standard InChI is InChI=1S/C14H25N5S2/c1-15-13(17-10-5-6-12(7-10)20-4)16-8-11-9-21-14(18-11)19(2)3/h9-10,12H,5-8H2,1-4H3,(H2,15,16,17). The van der Waals surface area contributed by atoms with E-state index in [2.05, 4.69) is 32.2 Å². The van der Waals surface area contributed by atoms with E-state index in [1.807, 2.05) is 37.8 Å². The van der Waals surface area contributed by atoms with Crippen LogP contribution in [0.15, 0.2) is 10.4 Å². The predicted molar refractivity (Wildman–Crippen MR) is 94.7 cm³/mol. The van der Waals surface area contributed by atoms with Crippen LogP contribution in [0.4, 0.5) is 5.13 Å². The maximum Gasteiger partial charge on any atom is 0.191 e. The van der Waals surface area contributed by atoms with E-state index < -0.39 is 0 Å². The van der Waals surface area contributed by atoms with E-state index in [0.717, 1.165) is 22.0 Å². The van der Waals surface area contributed by atoms with E-state index in [1.165, 1.54) is 19.3 Å². The molecule has 21 heavy (non-hydrogen) atoms. The molecule has 1 aromatic heterocycles. The average Bonchev–Trinajstić information content (AvgIpc) is 3.12. The molecule has 1 aliphatic rings. The van der Waals surface area contributed by atoms with Gasteiger partial charge in [-0.1, -0.05) is 0 Å². The first kappa shape index (κ1) is 16.4. The highest BCUT2D eigenvalue weighted by molar-refractivity contribution is 7.99. The minimum Gasteiger partial charge on any atom is -0.354 e. The number of thiazole rings is 1. The number of nitrogens with zero attached hydrogens (tertiary/aromatic N) is 3. The molecule has 0 aliphatic heterocycles. The second-order valence-electron chi connectivity index (χ2n) is 5.45. The molecule has 1 aliphatic carbocycles. The van der Waals surface area contributed by atoms with Crippen LogP contribution in [0, 0.1) is 0 Å². The lowest BCUT2D eigenvalue weighted by atomic mass is 10.2. The van der Waals surface area contributed by atoms with Crippen LogP contribution >= 0.6 is 23.1 Å². The van der Waals surface area contributed by atoms with Crippen LogP contribution < -0.4 is 15.5 Å². The van der Waals surface area contributed by atoms with Crippen molar-refractivity contribution in [2.45, 2.75) is 37.1 Å². The van der Waals surface area contributed by atoms with Gasteiger partial charge in [0.15, 0.2) is 11.1 Å². The quantitative estimate of drug-likeness (QED) is 0.641. The van der Waals surface area contributed by atoms with E-state index in [1.54, 1.807) is 11.3 Å². The summed E-state index contributed by atoms with van der Waals surface area (Å²) in [6.07, 6.45) is 5.95. The van der Waals surface area contributed by atoms with E-state index in [-0.39, 0.29) is 0 Å². The Bertz CT molecular complexity index is 472. The highest BCUT2D eigenvalue weighted by Crippen LogP contribution is 2.28. The third kappa shape index (κ3) is 4.78. The van der Waals surface area contributed by atoms with Crippen LogP contribution in [0.3, 0.4) is 0 Å². The summed E-state index contributed by atoms with van der Waals surface area (Å²) in [6.45, 7) is 0.711. The number of nitrogens with one attached hydrogen (secondary N) is 2. The molecule has 118 valence electrons. The van der Waals surface area contributed by atoms with Crippen molar-refractivity contribution >= 4 is 34.2 Å². The first-order valence-corrected chi connectivity index (χ1v) is 9.40. The topological polar surface area (TPSA) is 52.6 Å². The fraction of sp³-hybridized carbons (Fsp3) is 0.714. The fourth-order valence-electron chi connectivity index (χ4n) is 2.43. The SMILES string of the molecule is CN=C(NCc1csc(N(C)C)n1)NC1CCC(SC)C1. The summed E-state index contributed by atoms with van der Waals surface area (Å²) in [5, 5.41) is 10.8. The van der Waals surface area contributed by atoms with Gasteiger partial charge in [0.1, 0.15) is 0 Å². The molecule has 2 atom stereocenters. The lowest BCUT2D eigenvalue weighted by Crippen LogP contribution is -2.42. The molecule has 2 N–H and O–H groups in total. The Morgan fingerprint density at radius 1 is 1.52 bits per heavy atom. The van der Waals surface area contributed by atoms with Crippen molar-refractivity contribution < 1.29 is 0 Å². The zero-order valence-electron chi connectivity index (χ0n) is 13.2. The van der Waals surface area contributed by atoms with Gasteiger partial charge in [-0.05, 0) is 25.5 Å². The van der Waals surface area contributed by atoms with Gasteiger partial charge in [0.25, 0.3) is 0 Å². The molecule has 0 bridgehead atoms. The van der Waals surface area contributed by atoms with Crippen LogP contribution in [0.2, 0.25) is 0 Å². The van der Waals surface area contributed by atoms with Crippen molar-refractivity contribution in [3.63, 3.8) is 0 Å². The highest BCUT2D eigenvalue weighted by Gasteiger charge is 2.24. The molecule has 1 saturated carbocycles. The van der Waals surface area contributed by atoms with E-state index >= 15 is 0 Å². The number of hydrogen-bond donors (Lipinski definition) is 2. The summed E-state index contributed by atoms with van der Waals surface area (Å²) in [5.74, 6) is 0.876. The van der Waals surface area contributed by atoms with Gasteiger partial charge >= 0.3 is 0 Å². The highest BCUT2D eigenvalue weighted by atomic mass is 32.2. The largest absolute Gasteiger partial charge is 0.354 e. The first-order valence-electron chi connectivity index (χ1n) is 7.24. The monoisotopic (exact) mass is 327 g/mol. The molecular formula is C14H25N5S2. The van der Waals surface area contributed by atoms with Gasteiger partial charge in [0, 0.05) is 37.8 Å². The van der Waals surface area contributed by atoms with Crippen LogP contribution in [0.25, 0.3) is 0 Å². The number of guanidine groups is 1. The maximum atomic E-state index is 4.57. The average molecular weight is 328 g/mol. The van der Waals surface area contributed by atoms with Crippen molar-refractivity contribution in [3.8, 4) is 0 Å². The van der Waals surface area contributed by atoms with Gasteiger partial charge < -0.3 is 15.5 Å². The molecule has 0 spiro atoms. The van der Waals surface area contributed by atoms with Crippen LogP contribution in [-0.4, -0.2) is 49.6 Å². The number of anilines is 1. The molecule has 1 fully saturated rings. The van der Waals surface area contributed by atoms with E-state index in [4.69, 9.17) is 0 Å². The lowest BCUT2D eigenvalue weighted by Gasteiger charge is -2.17. The number of hydrogen-bond acceptors (Lipinski definition) is 5. The van der Waals surface area contributed by atoms with Crippen LogP contribution in [-0.2, 0) is 6.54 Å². The number of aliphatic imine (C=N–C) groups is 1. The molecule has 1 aromatic rings. The zero-order chi connectivity index (χ0) is 15.2. The molecule has 1 heterocycles. The lowest BCUT2D eigenvalue weighted by molar-refractivity contribution is 0.614. The Kier molecular flexibility index (Phi) is 6.17. The number of aromatic nitrogens is 1. The summed E-state index contributed by atoms with van der Waals surface area (Å²) >= 11 is 3.64. The molecule has 0 radical (unpaired) electrons. The number of thioether (sulfide) groups is 1. The summed E-state index contributed by atoms with van der Waals surface area (Å²) < 4.78 is 0. The summed E-state index contributed by atoms with van der Waals surface area (Å²) in [5.41, 5.74) is 1.06. The Balaban J connectivity index is 1.80. The Hall–Kier alpha value is -0.950. The van der Waals surface area contributed by atoms with Crippen molar-refractivity contribution in [1.29, 1.82) is 0 Å². The van der Waals surface area contributed by atoms with Gasteiger partial charge in [-0.25, -0.2) is 4.98 Å². The van der Waals surface area contributed by atoms with Gasteiger partial charge in [0.05, 0.1) is 12.2 Å². The minimum atomic E-state index is 0.543. The van der Waals surface area contributed by atoms with Crippen LogP contribution in [0.1, 0.15) is 25.0 Å². The predicted octanol–water partition coefficient (Wildman–Crippen LogP) is 2.16. The second-order valence-corrected chi connectivity index (χ2v) is 7.43. The molecular weight excluding hydrogens is 302 g/mol. The normalized spacial score (nSPS) is 22.4. The van der Waals surface area contributed by atoms with Gasteiger partial charge in [-0.2, -0.15) is 11.8 Å².